The number of hydrogen-bond donors (Lipinski definition) is 1. The molecular formula is C19H32OSSi. The molecule has 0 aromatic heterocycles. The molecule has 1 aromatic carbocycles. The molecule has 124 valence electrons. The van der Waals surface area contributed by atoms with Crippen LogP contribution in [-0.4, -0.2) is 18.4 Å². The van der Waals surface area contributed by atoms with Crippen molar-refractivity contribution in [2.24, 2.45) is 0 Å². The third kappa shape index (κ3) is 5.06. The zero-order valence-electron chi connectivity index (χ0n) is 14.7. The van der Waals surface area contributed by atoms with E-state index >= 15 is 0 Å². The Kier molecular flexibility index (Phi) is 6.45. The Morgan fingerprint density at radius 1 is 1.05 bits per heavy atom. The second kappa shape index (κ2) is 7.92. The molecule has 3 heteroatoms. The highest BCUT2D eigenvalue weighted by atomic mass is 32.2. The van der Waals surface area contributed by atoms with Gasteiger partial charge < -0.3 is 5.11 Å². The van der Waals surface area contributed by atoms with Gasteiger partial charge in [-0.15, -0.1) is 0 Å². The Balaban J connectivity index is 2.07. The van der Waals surface area contributed by atoms with Gasteiger partial charge in [-0.05, 0) is 25.0 Å². The van der Waals surface area contributed by atoms with Crippen molar-refractivity contribution in [1.82, 2.24) is 0 Å². The third-order valence-corrected chi connectivity index (χ3v) is 8.09. The van der Waals surface area contributed by atoms with E-state index in [-0.39, 0.29) is 0 Å². The molecule has 1 nitrogen and oxygen atoms in total. The number of hydrogen-bond acceptors (Lipinski definition) is 2. The molecule has 1 fully saturated rings. The second-order valence-corrected chi connectivity index (χ2v) is 14.2. The minimum atomic E-state index is -1.48. The first-order valence-corrected chi connectivity index (χ1v) is 13.4. The van der Waals surface area contributed by atoms with Crippen LogP contribution in [0.3, 0.4) is 0 Å². The molecule has 0 radical (unpaired) electrons. The molecule has 1 saturated carbocycles. The van der Waals surface area contributed by atoms with Crippen molar-refractivity contribution in [2.75, 3.05) is 0 Å². The molecule has 0 spiro atoms. The van der Waals surface area contributed by atoms with Crippen LogP contribution < -0.4 is 5.19 Å². The van der Waals surface area contributed by atoms with Crippen molar-refractivity contribution in [3.8, 4) is 5.75 Å². The van der Waals surface area contributed by atoms with E-state index in [1.165, 1.54) is 55.7 Å². The number of thioether (sulfide) groups is 1. The fraction of sp³-hybridized carbons (Fsp3) is 0.684. The standard InChI is InChI=1S/C19H32OSSi/c1-15-12-16(19(20)18(13-15)22(2,3)4)14-21-17-10-8-6-5-7-9-11-17/h12-13,17,20H,5-11,14H2,1-4H3. The SMILES string of the molecule is Cc1cc(CSC2CCCCCCC2)c(O)c([Si](C)(C)C)c1. The Hall–Kier alpha value is -0.413. The van der Waals surface area contributed by atoms with Gasteiger partial charge in [-0.3, -0.25) is 0 Å². The monoisotopic (exact) mass is 336 g/mol. The molecule has 0 aliphatic heterocycles. The summed E-state index contributed by atoms with van der Waals surface area (Å²) in [5.41, 5.74) is 2.45. The first-order valence-electron chi connectivity index (χ1n) is 8.82. The van der Waals surface area contributed by atoms with Crippen LogP contribution in [0.5, 0.6) is 5.75 Å². The van der Waals surface area contributed by atoms with E-state index in [0.29, 0.717) is 5.75 Å². The van der Waals surface area contributed by atoms with Gasteiger partial charge >= 0.3 is 0 Å². The van der Waals surface area contributed by atoms with Crippen molar-refractivity contribution in [3.05, 3.63) is 23.3 Å². The number of rotatable bonds is 4. The van der Waals surface area contributed by atoms with Crippen molar-refractivity contribution in [2.45, 2.75) is 82.5 Å². The van der Waals surface area contributed by atoms with Gasteiger partial charge in [-0.2, -0.15) is 11.8 Å². The van der Waals surface area contributed by atoms with Crippen LogP contribution in [0.1, 0.15) is 56.1 Å². The summed E-state index contributed by atoms with van der Waals surface area (Å²) in [5.74, 6) is 1.55. The largest absolute Gasteiger partial charge is 0.508 e. The van der Waals surface area contributed by atoms with E-state index in [1.807, 2.05) is 0 Å². The lowest BCUT2D eigenvalue weighted by Gasteiger charge is -2.23. The minimum Gasteiger partial charge on any atom is -0.508 e. The molecule has 1 aromatic rings. The van der Waals surface area contributed by atoms with Crippen LogP contribution in [0.2, 0.25) is 19.6 Å². The molecule has 0 amide bonds. The molecule has 2 rings (SSSR count). The average Bonchev–Trinajstić information content (AvgIpc) is 2.39. The first kappa shape index (κ1) is 17.9. The summed E-state index contributed by atoms with van der Waals surface area (Å²) in [4.78, 5) is 0. The minimum absolute atomic E-state index is 0.586. The van der Waals surface area contributed by atoms with Gasteiger partial charge in [0.05, 0.1) is 8.07 Å². The lowest BCUT2D eigenvalue weighted by Crippen LogP contribution is -2.38. The summed E-state index contributed by atoms with van der Waals surface area (Å²) in [6.45, 7) is 9.10. The van der Waals surface area contributed by atoms with Crippen molar-refractivity contribution >= 4 is 25.0 Å². The molecule has 0 heterocycles. The summed E-state index contributed by atoms with van der Waals surface area (Å²) >= 11 is 2.07. The summed E-state index contributed by atoms with van der Waals surface area (Å²) < 4.78 is 0. The van der Waals surface area contributed by atoms with Gasteiger partial charge in [-0.1, -0.05) is 69.4 Å². The number of aromatic hydroxyl groups is 1. The van der Waals surface area contributed by atoms with Crippen molar-refractivity contribution in [1.29, 1.82) is 0 Å². The van der Waals surface area contributed by atoms with Gasteiger partial charge in [-0.25, -0.2) is 0 Å². The van der Waals surface area contributed by atoms with Gasteiger partial charge in [0.15, 0.2) is 0 Å². The Morgan fingerprint density at radius 3 is 2.23 bits per heavy atom. The predicted octanol–water partition coefficient (Wildman–Crippen LogP) is 5.59. The topological polar surface area (TPSA) is 20.2 Å². The highest BCUT2D eigenvalue weighted by molar-refractivity contribution is 7.99. The summed E-state index contributed by atoms with van der Waals surface area (Å²) in [5, 5.41) is 12.7. The van der Waals surface area contributed by atoms with E-state index in [0.717, 1.165) is 16.6 Å². The Labute approximate surface area is 141 Å². The second-order valence-electron chi connectivity index (χ2n) is 7.85. The van der Waals surface area contributed by atoms with Crippen LogP contribution in [0.25, 0.3) is 0 Å². The lowest BCUT2D eigenvalue weighted by molar-refractivity contribution is 0.474. The van der Waals surface area contributed by atoms with Crippen molar-refractivity contribution in [3.63, 3.8) is 0 Å². The van der Waals surface area contributed by atoms with E-state index in [1.54, 1.807) is 0 Å². The molecule has 1 N–H and O–H groups in total. The fourth-order valence-electron chi connectivity index (χ4n) is 3.33. The number of benzene rings is 1. The van der Waals surface area contributed by atoms with Gasteiger partial charge in [0.1, 0.15) is 5.75 Å². The molecule has 0 unspecified atom stereocenters. The van der Waals surface area contributed by atoms with E-state index in [9.17, 15) is 5.11 Å². The predicted molar refractivity (Wildman–Crippen MR) is 103 cm³/mol. The highest BCUT2D eigenvalue weighted by Crippen LogP contribution is 2.32. The van der Waals surface area contributed by atoms with Gasteiger partial charge in [0.2, 0.25) is 0 Å². The Bertz CT molecular complexity index is 485. The summed E-state index contributed by atoms with van der Waals surface area (Å²) in [6, 6.07) is 4.39. The summed E-state index contributed by atoms with van der Waals surface area (Å²) in [6.07, 6.45) is 9.74. The first-order chi connectivity index (χ1) is 10.4. The molecule has 0 atom stereocenters. The van der Waals surface area contributed by atoms with Crippen molar-refractivity contribution < 1.29 is 5.11 Å². The molecule has 22 heavy (non-hydrogen) atoms. The van der Waals surface area contributed by atoms with Gasteiger partial charge in [0.25, 0.3) is 0 Å². The van der Waals surface area contributed by atoms with Crippen LogP contribution in [0.15, 0.2) is 12.1 Å². The quantitative estimate of drug-likeness (QED) is 0.723. The highest BCUT2D eigenvalue weighted by Gasteiger charge is 2.23. The Morgan fingerprint density at radius 2 is 1.64 bits per heavy atom. The summed E-state index contributed by atoms with van der Waals surface area (Å²) in [7, 11) is -1.48. The molecule has 0 saturated heterocycles. The normalized spacial score (nSPS) is 18.0. The fourth-order valence-corrected chi connectivity index (χ4v) is 6.16. The zero-order valence-corrected chi connectivity index (χ0v) is 16.6. The zero-order chi connectivity index (χ0) is 16.2. The number of phenols is 1. The van der Waals surface area contributed by atoms with Crippen LogP contribution >= 0.6 is 11.8 Å². The maximum Gasteiger partial charge on any atom is 0.118 e. The van der Waals surface area contributed by atoms with Crippen LogP contribution in [0, 0.1) is 6.92 Å². The third-order valence-electron chi connectivity index (χ3n) is 4.67. The smallest absolute Gasteiger partial charge is 0.118 e. The van der Waals surface area contributed by atoms with E-state index in [4.69, 9.17) is 0 Å². The lowest BCUT2D eigenvalue weighted by atomic mass is 10.0. The number of phenolic OH excluding ortho intramolecular Hbond substituents is 1. The maximum atomic E-state index is 10.7. The van der Waals surface area contributed by atoms with Crippen LogP contribution in [-0.2, 0) is 5.75 Å². The van der Waals surface area contributed by atoms with E-state index < -0.39 is 8.07 Å². The molecule has 1 aliphatic carbocycles. The van der Waals surface area contributed by atoms with Crippen LogP contribution in [0.4, 0.5) is 0 Å². The number of aryl methyl sites for hydroxylation is 1. The van der Waals surface area contributed by atoms with Gasteiger partial charge in [0, 0.05) is 16.6 Å². The molecule has 0 bridgehead atoms. The maximum absolute atomic E-state index is 10.7. The molecule has 1 aliphatic rings. The van der Waals surface area contributed by atoms with E-state index in [2.05, 4.69) is 50.5 Å². The average molecular weight is 337 g/mol. The molecular weight excluding hydrogens is 304 g/mol.